The molecular weight excluding hydrogens is 371 g/mol. The highest BCUT2D eigenvalue weighted by Gasteiger charge is 2.30. The minimum Gasteiger partial charge on any atom is -0.437 e. The molecule has 0 aliphatic heterocycles. The number of hydrogen-bond donors (Lipinski definition) is 1. The fourth-order valence-corrected chi connectivity index (χ4v) is 2.62. The van der Waals surface area contributed by atoms with E-state index in [2.05, 4.69) is 19.9 Å². The Kier molecular flexibility index (Phi) is 4.26. The van der Waals surface area contributed by atoms with Crippen LogP contribution in [0.3, 0.4) is 0 Å². The molecule has 0 amide bonds. The quantitative estimate of drug-likeness (QED) is 0.561. The number of benzene rings is 2. The molecule has 0 aliphatic carbocycles. The maximum absolute atomic E-state index is 12.7. The highest BCUT2D eigenvalue weighted by Crippen LogP contribution is 2.32. The number of nitrogens with two attached hydrogens (primary N) is 1. The predicted octanol–water partition coefficient (Wildman–Crippen LogP) is 4.48. The van der Waals surface area contributed by atoms with Crippen molar-refractivity contribution in [1.29, 1.82) is 0 Å². The summed E-state index contributed by atoms with van der Waals surface area (Å²) >= 11 is 0. The van der Waals surface area contributed by atoms with Gasteiger partial charge in [-0.2, -0.15) is 13.2 Å². The summed E-state index contributed by atoms with van der Waals surface area (Å²) in [5.74, 6) is 0.745. The molecule has 28 heavy (non-hydrogen) atoms. The molecule has 9 heteroatoms. The number of halogens is 3. The molecule has 0 bridgehead atoms. The first kappa shape index (κ1) is 17.7. The molecule has 0 saturated heterocycles. The van der Waals surface area contributed by atoms with E-state index in [0.717, 1.165) is 17.5 Å². The molecule has 0 radical (unpaired) electrons. The molecule has 2 aromatic carbocycles. The first-order valence-corrected chi connectivity index (χ1v) is 8.09. The zero-order chi connectivity index (χ0) is 19.7. The topological polar surface area (TPSA) is 86.8 Å². The smallest absolute Gasteiger partial charge is 0.416 e. The van der Waals surface area contributed by atoms with Crippen molar-refractivity contribution in [3.8, 4) is 22.9 Å². The van der Waals surface area contributed by atoms with E-state index < -0.39 is 11.7 Å². The fraction of sp³-hybridized carbons (Fsp3) is 0.0526. The Morgan fingerprint density at radius 3 is 2.46 bits per heavy atom. The summed E-state index contributed by atoms with van der Waals surface area (Å²) in [6.45, 7) is 0. The molecule has 2 N–H and O–H groups in total. The molecule has 0 atom stereocenters. The first-order chi connectivity index (χ1) is 13.4. The lowest BCUT2D eigenvalue weighted by molar-refractivity contribution is -0.137. The second-order valence-electron chi connectivity index (χ2n) is 5.84. The number of ether oxygens (including phenoxy) is 1. The normalized spacial score (nSPS) is 11.5. The molecule has 4 rings (SSSR count). The monoisotopic (exact) mass is 383 g/mol. The van der Waals surface area contributed by atoms with Gasteiger partial charge in [-0.25, -0.2) is 19.9 Å². The van der Waals surface area contributed by atoms with E-state index in [1.54, 1.807) is 18.3 Å². The van der Waals surface area contributed by atoms with E-state index in [-0.39, 0.29) is 11.8 Å². The average molecular weight is 383 g/mol. The maximum atomic E-state index is 12.7. The lowest BCUT2D eigenvalue weighted by Gasteiger charge is -2.09. The number of para-hydroxylation sites is 1. The number of alkyl halides is 3. The maximum Gasteiger partial charge on any atom is 0.416 e. The van der Waals surface area contributed by atoms with Gasteiger partial charge in [-0.1, -0.05) is 24.3 Å². The van der Waals surface area contributed by atoms with Crippen LogP contribution in [0.15, 0.2) is 61.1 Å². The number of fused-ring (bicyclic) bond motifs is 1. The van der Waals surface area contributed by atoms with Gasteiger partial charge in [0.05, 0.1) is 11.3 Å². The average Bonchev–Trinajstić information content (AvgIpc) is 2.68. The number of nitrogens with zero attached hydrogens (tertiary/aromatic N) is 4. The van der Waals surface area contributed by atoms with Crippen LogP contribution in [0.1, 0.15) is 5.56 Å². The van der Waals surface area contributed by atoms with Crippen LogP contribution in [0.4, 0.5) is 19.1 Å². The van der Waals surface area contributed by atoms with E-state index in [9.17, 15) is 13.2 Å². The van der Waals surface area contributed by atoms with Crippen LogP contribution in [0.25, 0.3) is 22.2 Å². The van der Waals surface area contributed by atoms with Gasteiger partial charge >= 0.3 is 6.18 Å². The van der Waals surface area contributed by atoms with Crippen molar-refractivity contribution in [2.75, 3.05) is 5.73 Å². The Balaban J connectivity index is 1.66. The Labute approximate surface area is 156 Å². The lowest BCUT2D eigenvalue weighted by Crippen LogP contribution is -2.04. The van der Waals surface area contributed by atoms with Gasteiger partial charge < -0.3 is 10.5 Å². The van der Waals surface area contributed by atoms with Crippen molar-refractivity contribution in [2.24, 2.45) is 0 Å². The summed E-state index contributed by atoms with van der Waals surface area (Å²) in [6.07, 6.45) is -1.54. The van der Waals surface area contributed by atoms with Crippen LogP contribution in [-0.4, -0.2) is 19.9 Å². The van der Waals surface area contributed by atoms with Gasteiger partial charge in [0.2, 0.25) is 11.8 Å². The summed E-state index contributed by atoms with van der Waals surface area (Å²) in [5.41, 5.74) is 6.37. The zero-order valence-corrected chi connectivity index (χ0v) is 14.2. The highest BCUT2D eigenvalue weighted by atomic mass is 19.4. The van der Waals surface area contributed by atoms with Crippen LogP contribution in [-0.2, 0) is 6.18 Å². The number of anilines is 1. The fourth-order valence-electron chi connectivity index (χ4n) is 2.62. The Morgan fingerprint density at radius 2 is 1.71 bits per heavy atom. The lowest BCUT2D eigenvalue weighted by atomic mass is 10.1. The number of nitrogen functional groups attached to an aromatic ring is 1. The number of hydrogen-bond acceptors (Lipinski definition) is 6. The standard InChI is InChI=1S/C19H12F3N5O/c20-19(21,22)13-6-4-11(5-7-13)14-8-16(26-10-25-14)28-15-3-1-2-12-9-24-18(23)27-17(12)15/h1-10H,(H2,23,24,27). The van der Waals surface area contributed by atoms with Crippen molar-refractivity contribution in [2.45, 2.75) is 6.18 Å². The molecule has 2 aromatic heterocycles. The Bertz CT molecular complexity index is 1150. The largest absolute Gasteiger partial charge is 0.437 e. The molecule has 6 nitrogen and oxygen atoms in total. The van der Waals surface area contributed by atoms with Gasteiger partial charge in [0.15, 0.2) is 5.75 Å². The molecule has 2 heterocycles. The van der Waals surface area contributed by atoms with Gasteiger partial charge in [-0.15, -0.1) is 0 Å². The molecule has 0 unspecified atom stereocenters. The summed E-state index contributed by atoms with van der Waals surface area (Å²) in [5, 5.41) is 0.740. The van der Waals surface area contributed by atoms with Crippen LogP contribution in [0.2, 0.25) is 0 Å². The minimum absolute atomic E-state index is 0.108. The van der Waals surface area contributed by atoms with Crippen molar-refractivity contribution in [3.63, 3.8) is 0 Å². The van der Waals surface area contributed by atoms with E-state index in [4.69, 9.17) is 10.5 Å². The van der Waals surface area contributed by atoms with Gasteiger partial charge in [-0.05, 0) is 18.2 Å². The summed E-state index contributed by atoms with van der Waals surface area (Å²) in [7, 11) is 0. The van der Waals surface area contributed by atoms with E-state index >= 15 is 0 Å². The van der Waals surface area contributed by atoms with Gasteiger partial charge in [0, 0.05) is 23.2 Å². The third-order valence-corrected chi connectivity index (χ3v) is 3.96. The molecular formula is C19H12F3N5O. The number of aromatic nitrogens is 4. The van der Waals surface area contributed by atoms with Crippen LogP contribution >= 0.6 is 0 Å². The van der Waals surface area contributed by atoms with Gasteiger partial charge in [-0.3, -0.25) is 0 Å². The minimum atomic E-state index is -4.39. The highest BCUT2D eigenvalue weighted by molar-refractivity contribution is 5.84. The van der Waals surface area contributed by atoms with Crippen molar-refractivity contribution in [1.82, 2.24) is 19.9 Å². The van der Waals surface area contributed by atoms with Crippen LogP contribution in [0.5, 0.6) is 11.6 Å². The third kappa shape index (κ3) is 3.54. The van der Waals surface area contributed by atoms with Gasteiger partial charge in [0.25, 0.3) is 0 Å². The van der Waals surface area contributed by atoms with Crippen molar-refractivity contribution in [3.05, 3.63) is 66.6 Å². The molecule has 140 valence electrons. The zero-order valence-electron chi connectivity index (χ0n) is 14.2. The van der Waals surface area contributed by atoms with Crippen LogP contribution in [0, 0.1) is 0 Å². The SMILES string of the molecule is Nc1ncc2cccc(Oc3cc(-c4ccc(C(F)(F)F)cc4)ncn3)c2n1. The molecule has 0 saturated carbocycles. The molecule has 0 spiro atoms. The summed E-state index contributed by atoms with van der Waals surface area (Å²) in [4.78, 5) is 16.3. The van der Waals surface area contributed by atoms with E-state index in [1.807, 2.05) is 6.07 Å². The Hall–Kier alpha value is -3.75. The molecule has 4 aromatic rings. The second kappa shape index (κ2) is 6.76. The van der Waals surface area contributed by atoms with Crippen molar-refractivity contribution >= 4 is 16.9 Å². The molecule has 0 fully saturated rings. The predicted molar refractivity (Wildman–Crippen MR) is 96.5 cm³/mol. The first-order valence-electron chi connectivity index (χ1n) is 8.09. The van der Waals surface area contributed by atoms with E-state index in [1.165, 1.54) is 24.5 Å². The van der Waals surface area contributed by atoms with Gasteiger partial charge in [0.1, 0.15) is 11.8 Å². The summed E-state index contributed by atoms with van der Waals surface area (Å²) in [6, 6.07) is 11.5. The van der Waals surface area contributed by atoms with Crippen LogP contribution < -0.4 is 10.5 Å². The summed E-state index contributed by atoms with van der Waals surface area (Å²) < 4.78 is 44.0. The molecule has 0 aliphatic rings. The number of rotatable bonds is 3. The van der Waals surface area contributed by atoms with E-state index in [0.29, 0.717) is 22.5 Å². The third-order valence-electron chi connectivity index (χ3n) is 3.96. The van der Waals surface area contributed by atoms with Crippen molar-refractivity contribution < 1.29 is 17.9 Å². The second-order valence-corrected chi connectivity index (χ2v) is 5.84. The Morgan fingerprint density at radius 1 is 0.929 bits per heavy atom.